The van der Waals surface area contributed by atoms with Crippen LogP contribution in [0.2, 0.25) is 5.02 Å². The van der Waals surface area contributed by atoms with E-state index in [0.717, 1.165) is 22.5 Å². The van der Waals surface area contributed by atoms with Crippen LogP contribution < -0.4 is 10.1 Å². The molecule has 0 saturated carbocycles. The smallest absolute Gasteiger partial charge is 0.422 e. The van der Waals surface area contributed by atoms with Gasteiger partial charge >= 0.3 is 6.18 Å². The predicted octanol–water partition coefficient (Wildman–Crippen LogP) is 4.13. The number of pyridine rings is 1. The molecule has 2 N–H and O–H groups in total. The summed E-state index contributed by atoms with van der Waals surface area (Å²) in [7, 11) is 0. The molecule has 3 aromatic heterocycles. The fourth-order valence-corrected chi connectivity index (χ4v) is 2.85. The van der Waals surface area contributed by atoms with Gasteiger partial charge in [-0.3, -0.25) is 4.79 Å². The number of halogens is 5. The van der Waals surface area contributed by atoms with Gasteiger partial charge in [-0.05, 0) is 18.2 Å². The molecule has 0 bridgehead atoms. The van der Waals surface area contributed by atoms with Crippen molar-refractivity contribution in [2.75, 3.05) is 11.9 Å². The SMILES string of the molecule is O=C(Nc1c[nH]c2ccc(Cl)cc12)c1cn(-c2cnc(OCC(F)(F)F)c(F)c2)nn1. The van der Waals surface area contributed by atoms with Gasteiger partial charge in [-0.25, -0.2) is 14.1 Å². The van der Waals surface area contributed by atoms with Crippen LogP contribution in [-0.2, 0) is 0 Å². The fourth-order valence-electron chi connectivity index (χ4n) is 2.67. The molecule has 0 aliphatic heterocycles. The van der Waals surface area contributed by atoms with Crippen molar-refractivity contribution in [2.45, 2.75) is 6.18 Å². The minimum absolute atomic E-state index is 0.0299. The number of anilines is 1. The molecule has 13 heteroatoms. The number of aromatic nitrogens is 5. The van der Waals surface area contributed by atoms with E-state index in [4.69, 9.17) is 11.6 Å². The van der Waals surface area contributed by atoms with Gasteiger partial charge in [0.05, 0.1) is 23.8 Å². The summed E-state index contributed by atoms with van der Waals surface area (Å²) in [5, 5.41) is 11.3. The Bertz CT molecular complexity index is 1270. The summed E-state index contributed by atoms with van der Waals surface area (Å²) < 4.78 is 55.9. The average Bonchev–Trinajstić information content (AvgIpc) is 3.34. The van der Waals surface area contributed by atoms with E-state index in [0.29, 0.717) is 16.1 Å². The number of nitrogens with one attached hydrogen (secondary N) is 2. The summed E-state index contributed by atoms with van der Waals surface area (Å²) in [6.45, 7) is -1.68. The zero-order valence-corrected chi connectivity index (χ0v) is 16.0. The number of fused-ring (bicyclic) bond motifs is 1. The minimum atomic E-state index is -4.63. The van der Waals surface area contributed by atoms with Crippen LogP contribution in [0.25, 0.3) is 16.6 Å². The van der Waals surface area contributed by atoms with Crippen molar-refractivity contribution in [2.24, 2.45) is 0 Å². The molecule has 4 rings (SSSR count). The normalized spacial score (nSPS) is 11.6. The Morgan fingerprint density at radius 1 is 1.29 bits per heavy atom. The maximum Gasteiger partial charge on any atom is 0.422 e. The standard InChI is InChI=1S/C18H11ClF4N6O2/c19-9-1-2-13-11(3-9)14(6-24-13)26-16(30)15-7-29(28-27-15)10-4-12(20)17(25-5-10)31-8-18(21,22)23/h1-7,24H,8H2,(H,26,30). The minimum Gasteiger partial charge on any atom is -0.466 e. The Morgan fingerprint density at radius 2 is 2.10 bits per heavy atom. The molecule has 0 fully saturated rings. The van der Waals surface area contributed by atoms with E-state index in [-0.39, 0.29) is 11.4 Å². The highest BCUT2D eigenvalue weighted by Gasteiger charge is 2.29. The van der Waals surface area contributed by atoms with Crippen molar-refractivity contribution in [3.05, 3.63) is 59.4 Å². The number of hydrogen-bond donors (Lipinski definition) is 2. The van der Waals surface area contributed by atoms with Gasteiger partial charge in [0.15, 0.2) is 18.1 Å². The zero-order chi connectivity index (χ0) is 22.2. The summed E-state index contributed by atoms with van der Waals surface area (Å²) >= 11 is 5.98. The van der Waals surface area contributed by atoms with E-state index >= 15 is 0 Å². The molecule has 0 aliphatic rings. The summed E-state index contributed by atoms with van der Waals surface area (Å²) in [5.74, 6) is -2.53. The summed E-state index contributed by atoms with van der Waals surface area (Å²) in [6.07, 6.45) is -0.796. The third-order valence-electron chi connectivity index (χ3n) is 4.05. The van der Waals surface area contributed by atoms with Crippen LogP contribution in [-0.4, -0.2) is 43.7 Å². The highest BCUT2D eigenvalue weighted by Crippen LogP contribution is 2.26. The molecule has 31 heavy (non-hydrogen) atoms. The van der Waals surface area contributed by atoms with Crippen LogP contribution in [0.4, 0.5) is 23.2 Å². The molecule has 3 heterocycles. The number of ether oxygens (including phenoxy) is 1. The van der Waals surface area contributed by atoms with E-state index in [9.17, 15) is 22.4 Å². The molecule has 4 aromatic rings. The number of benzene rings is 1. The topological polar surface area (TPSA) is 97.7 Å². The fraction of sp³-hybridized carbons (Fsp3) is 0.111. The largest absolute Gasteiger partial charge is 0.466 e. The molecule has 1 aromatic carbocycles. The lowest BCUT2D eigenvalue weighted by Crippen LogP contribution is -2.20. The Balaban J connectivity index is 1.50. The third-order valence-corrected chi connectivity index (χ3v) is 4.28. The lowest BCUT2D eigenvalue weighted by molar-refractivity contribution is -0.154. The van der Waals surface area contributed by atoms with Gasteiger partial charge in [0.1, 0.15) is 0 Å². The van der Waals surface area contributed by atoms with Crippen LogP contribution in [0.15, 0.2) is 42.9 Å². The molecule has 1 amide bonds. The van der Waals surface area contributed by atoms with Crippen molar-refractivity contribution in [1.29, 1.82) is 0 Å². The predicted molar refractivity (Wildman–Crippen MR) is 102 cm³/mol. The average molecular weight is 455 g/mol. The van der Waals surface area contributed by atoms with Gasteiger partial charge in [-0.15, -0.1) is 5.10 Å². The van der Waals surface area contributed by atoms with Crippen molar-refractivity contribution >= 4 is 34.1 Å². The van der Waals surface area contributed by atoms with Gasteiger partial charge in [0.25, 0.3) is 11.8 Å². The molecule has 0 radical (unpaired) electrons. The lowest BCUT2D eigenvalue weighted by atomic mass is 10.2. The Kier molecular flexibility index (Phi) is 5.23. The van der Waals surface area contributed by atoms with Crippen molar-refractivity contribution in [3.63, 3.8) is 0 Å². The molecule has 8 nitrogen and oxygen atoms in total. The first-order chi connectivity index (χ1) is 14.7. The van der Waals surface area contributed by atoms with Crippen molar-refractivity contribution in [1.82, 2.24) is 25.0 Å². The second-order valence-corrected chi connectivity index (χ2v) is 6.72. The number of nitrogens with zero attached hydrogens (tertiary/aromatic N) is 4. The lowest BCUT2D eigenvalue weighted by Gasteiger charge is -2.09. The number of amides is 1. The first-order valence-electron chi connectivity index (χ1n) is 8.55. The van der Waals surface area contributed by atoms with Gasteiger partial charge in [-0.1, -0.05) is 16.8 Å². The van der Waals surface area contributed by atoms with Gasteiger partial charge in [-0.2, -0.15) is 13.2 Å². The van der Waals surface area contributed by atoms with Crippen LogP contribution in [0.5, 0.6) is 5.88 Å². The van der Waals surface area contributed by atoms with Crippen LogP contribution in [0, 0.1) is 5.82 Å². The third kappa shape index (κ3) is 4.58. The van der Waals surface area contributed by atoms with Crippen molar-refractivity contribution < 1.29 is 27.1 Å². The zero-order valence-electron chi connectivity index (χ0n) is 15.2. The van der Waals surface area contributed by atoms with E-state index in [1.807, 2.05) is 0 Å². The Hall–Kier alpha value is -3.67. The second kappa shape index (κ2) is 7.87. The number of H-pyrrole nitrogens is 1. The van der Waals surface area contributed by atoms with Crippen molar-refractivity contribution in [3.8, 4) is 11.6 Å². The number of rotatable bonds is 5. The monoisotopic (exact) mass is 454 g/mol. The van der Waals surface area contributed by atoms with E-state index < -0.39 is 30.4 Å². The molecule has 0 saturated heterocycles. The van der Waals surface area contributed by atoms with Gasteiger partial charge < -0.3 is 15.0 Å². The number of carbonyl (C=O) groups is 1. The molecule has 0 aliphatic carbocycles. The Labute approximate surface area is 175 Å². The van der Waals surface area contributed by atoms with E-state index in [1.54, 1.807) is 24.4 Å². The molecular formula is C18H11ClF4N6O2. The molecule has 0 spiro atoms. The number of alkyl halides is 3. The Morgan fingerprint density at radius 3 is 2.84 bits per heavy atom. The highest BCUT2D eigenvalue weighted by molar-refractivity contribution is 6.31. The first kappa shape index (κ1) is 20.6. The number of carbonyl (C=O) groups excluding carboxylic acids is 1. The molecule has 0 atom stereocenters. The summed E-state index contributed by atoms with van der Waals surface area (Å²) in [4.78, 5) is 19.0. The van der Waals surface area contributed by atoms with E-state index in [1.165, 1.54) is 6.20 Å². The van der Waals surface area contributed by atoms with Gasteiger partial charge in [0.2, 0.25) is 0 Å². The molecule has 160 valence electrons. The van der Waals surface area contributed by atoms with E-state index in [2.05, 4.69) is 30.3 Å². The van der Waals surface area contributed by atoms with Gasteiger partial charge in [0, 0.05) is 28.2 Å². The molecular weight excluding hydrogens is 444 g/mol. The highest BCUT2D eigenvalue weighted by atomic mass is 35.5. The van der Waals surface area contributed by atoms with Crippen LogP contribution >= 0.6 is 11.6 Å². The summed E-state index contributed by atoms with van der Waals surface area (Å²) in [6, 6.07) is 5.99. The quantitative estimate of drug-likeness (QED) is 0.442. The number of aromatic amines is 1. The summed E-state index contributed by atoms with van der Waals surface area (Å²) in [5.41, 5.74) is 1.17. The van der Waals surface area contributed by atoms with Crippen LogP contribution in [0.1, 0.15) is 10.5 Å². The maximum atomic E-state index is 14.0. The molecule has 0 unspecified atom stereocenters. The number of hydrogen-bond acceptors (Lipinski definition) is 5. The second-order valence-electron chi connectivity index (χ2n) is 6.28. The first-order valence-corrected chi connectivity index (χ1v) is 8.93. The maximum absolute atomic E-state index is 14.0. The van der Waals surface area contributed by atoms with Crippen LogP contribution in [0.3, 0.4) is 0 Å².